The predicted octanol–water partition coefficient (Wildman–Crippen LogP) is 8.03. The quantitative estimate of drug-likeness (QED) is 0.184. The molecule has 0 aromatic heterocycles. The normalized spacial score (nSPS) is 18.4. The van der Waals surface area contributed by atoms with Crippen LogP contribution in [0.15, 0.2) is 30.3 Å². The fraction of sp³-hybridized carbons (Fsp3) is 0.741. The van der Waals surface area contributed by atoms with Crippen LogP contribution in [0.4, 0.5) is 0 Å². The second-order valence-corrected chi connectivity index (χ2v) is 8.99. The molecule has 164 valence electrons. The molecular weight excluding hydrogens is 356 g/mol. The summed E-state index contributed by atoms with van der Waals surface area (Å²) in [5, 5.41) is 0. The van der Waals surface area contributed by atoms with Gasteiger partial charge in [-0.2, -0.15) is 0 Å². The van der Waals surface area contributed by atoms with Crippen LogP contribution >= 0.6 is 0 Å². The molecule has 2 nitrogen and oxygen atoms in total. The summed E-state index contributed by atoms with van der Waals surface area (Å²) < 4.78 is 5.43. The fourth-order valence-corrected chi connectivity index (χ4v) is 4.49. The van der Waals surface area contributed by atoms with E-state index in [2.05, 4.69) is 37.3 Å². The maximum atomic E-state index is 11.8. The van der Waals surface area contributed by atoms with Gasteiger partial charge in [-0.15, -0.1) is 0 Å². The van der Waals surface area contributed by atoms with E-state index in [1.165, 1.54) is 89.0 Å². The van der Waals surface area contributed by atoms with E-state index < -0.39 is 0 Å². The van der Waals surface area contributed by atoms with Crippen molar-refractivity contribution in [2.24, 2.45) is 5.92 Å². The lowest BCUT2D eigenvalue weighted by molar-refractivity contribution is -0.186. The van der Waals surface area contributed by atoms with Crippen LogP contribution in [0, 0.1) is 5.92 Å². The number of carbonyl (C=O) groups is 1. The first-order chi connectivity index (χ1) is 14.3. The van der Waals surface area contributed by atoms with Gasteiger partial charge >= 0.3 is 5.97 Å². The second kappa shape index (κ2) is 15.5. The van der Waals surface area contributed by atoms with Gasteiger partial charge in [0.25, 0.3) is 0 Å². The first-order valence-electron chi connectivity index (χ1n) is 12.6. The lowest BCUT2D eigenvalue weighted by Gasteiger charge is -2.35. The molecule has 29 heavy (non-hydrogen) atoms. The number of esters is 1. The summed E-state index contributed by atoms with van der Waals surface area (Å²) >= 11 is 0. The highest BCUT2D eigenvalue weighted by Gasteiger charge is 2.40. The number of aryl methyl sites for hydroxylation is 1. The Hall–Kier alpha value is -1.31. The zero-order valence-electron chi connectivity index (χ0n) is 18.9. The minimum atomic E-state index is 0.0566. The summed E-state index contributed by atoms with van der Waals surface area (Å²) in [4.78, 5) is 11.8. The predicted molar refractivity (Wildman–Crippen MR) is 123 cm³/mol. The third-order valence-electron chi connectivity index (χ3n) is 6.43. The standard InChI is InChI=1S/C27H44O2/c1-2-3-4-5-6-7-8-9-10-11-18-23-26-25(27(28)29-26)22-17-13-16-21-24-19-14-12-15-20-24/h12,14-15,19-20,25-26H,2-11,13,16-18,21-23H2,1H3/t25-,26+/m0/s1. The van der Waals surface area contributed by atoms with Crippen LogP contribution in [0.5, 0.6) is 0 Å². The Bertz CT molecular complexity index is 525. The molecule has 0 aliphatic carbocycles. The molecule has 0 N–H and O–H groups in total. The molecule has 0 bridgehead atoms. The van der Waals surface area contributed by atoms with Crippen LogP contribution in [-0.2, 0) is 16.0 Å². The van der Waals surface area contributed by atoms with Gasteiger partial charge in [0.2, 0.25) is 0 Å². The first kappa shape index (κ1) is 24.0. The van der Waals surface area contributed by atoms with E-state index in [1.807, 2.05) is 0 Å². The molecule has 0 amide bonds. The van der Waals surface area contributed by atoms with E-state index in [0.29, 0.717) is 0 Å². The maximum Gasteiger partial charge on any atom is 0.313 e. The maximum absolute atomic E-state index is 11.8. The average Bonchev–Trinajstić information content (AvgIpc) is 2.74. The van der Waals surface area contributed by atoms with Gasteiger partial charge in [0.15, 0.2) is 0 Å². The lowest BCUT2D eigenvalue weighted by atomic mass is 9.87. The summed E-state index contributed by atoms with van der Waals surface area (Å²) in [6.07, 6.45) is 22.1. The average molecular weight is 401 g/mol. The van der Waals surface area contributed by atoms with Crippen LogP contribution in [0.2, 0.25) is 0 Å². The molecule has 1 heterocycles. The van der Waals surface area contributed by atoms with Crippen LogP contribution in [0.3, 0.4) is 0 Å². The highest BCUT2D eigenvalue weighted by atomic mass is 16.6. The molecule has 0 spiro atoms. The number of unbranched alkanes of at least 4 members (excludes halogenated alkanes) is 12. The number of cyclic esters (lactones) is 1. The Kier molecular flexibility index (Phi) is 12.8. The van der Waals surface area contributed by atoms with Crippen molar-refractivity contribution in [2.45, 2.75) is 122 Å². The summed E-state index contributed by atoms with van der Waals surface area (Å²) in [6.45, 7) is 2.28. The van der Waals surface area contributed by atoms with Crippen molar-refractivity contribution in [3.63, 3.8) is 0 Å². The van der Waals surface area contributed by atoms with Crippen LogP contribution in [0.1, 0.15) is 115 Å². The van der Waals surface area contributed by atoms with Gasteiger partial charge < -0.3 is 4.74 Å². The lowest BCUT2D eigenvalue weighted by Crippen LogP contribution is -2.44. The summed E-state index contributed by atoms with van der Waals surface area (Å²) in [6, 6.07) is 10.7. The molecule has 2 rings (SSSR count). The highest BCUT2D eigenvalue weighted by Crippen LogP contribution is 2.31. The van der Waals surface area contributed by atoms with Crippen LogP contribution in [0.25, 0.3) is 0 Å². The minimum Gasteiger partial charge on any atom is -0.461 e. The zero-order chi connectivity index (χ0) is 20.6. The molecule has 1 saturated heterocycles. The van der Waals surface area contributed by atoms with Gasteiger partial charge in [-0.05, 0) is 37.7 Å². The van der Waals surface area contributed by atoms with E-state index in [-0.39, 0.29) is 18.0 Å². The number of carbonyl (C=O) groups excluding carboxylic acids is 1. The number of benzene rings is 1. The number of hydrogen-bond donors (Lipinski definition) is 0. The van der Waals surface area contributed by atoms with Crippen molar-refractivity contribution in [1.82, 2.24) is 0 Å². The Labute approximate surface area is 179 Å². The molecule has 1 aliphatic rings. The molecule has 1 fully saturated rings. The molecule has 2 atom stereocenters. The van der Waals surface area contributed by atoms with Gasteiger partial charge in [-0.3, -0.25) is 4.79 Å². The van der Waals surface area contributed by atoms with E-state index in [9.17, 15) is 4.79 Å². The van der Waals surface area contributed by atoms with Gasteiger partial charge in [0.05, 0.1) is 5.92 Å². The molecule has 2 heteroatoms. The van der Waals surface area contributed by atoms with Gasteiger partial charge in [0.1, 0.15) is 6.10 Å². The number of ether oxygens (including phenoxy) is 1. The largest absolute Gasteiger partial charge is 0.461 e. The number of hydrogen-bond acceptors (Lipinski definition) is 2. The van der Waals surface area contributed by atoms with Crippen molar-refractivity contribution >= 4 is 5.97 Å². The third-order valence-corrected chi connectivity index (χ3v) is 6.43. The summed E-state index contributed by atoms with van der Waals surface area (Å²) in [5.74, 6) is 0.246. The molecule has 1 aromatic carbocycles. The molecule has 1 aliphatic heterocycles. The van der Waals surface area contributed by atoms with Crippen molar-refractivity contribution in [3.8, 4) is 0 Å². The Morgan fingerprint density at radius 2 is 1.24 bits per heavy atom. The third kappa shape index (κ3) is 10.3. The smallest absolute Gasteiger partial charge is 0.313 e. The first-order valence-corrected chi connectivity index (χ1v) is 12.6. The van der Waals surface area contributed by atoms with Crippen molar-refractivity contribution in [3.05, 3.63) is 35.9 Å². The molecule has 0 radical (unpaired) electrons. The monoisotopic (exact) mass is 400 g/mol. The van der Waals surface area contributed by atoms with Crippen LogP contribution in [-0.4, -0.2) is 12.1 Å². The SMILES string of the molecule is CCCCCCCCCCCCC[C@H]1OC(=O)[C@H]1CCCCCc1ccccc1. The molecular formula is C27H44O2. The van der Waals surface area contributed by atoms with Gasteiger partial charge in [-0.1, -0.05) is 114 Å². The summed E-state index contributed by atoms with van der Waals surface area (Å²) in [5.41, 5.74) is 1.42. The van der Waals surface area contributed by atoms with E-state index in [0.717, 1.165) is 25.7 Å². The van der Waals surface area contributed by atoms with Crippen molar-refractivity contribution < 1.29 is 9.53 Å². The fourth-order valence-electron chi connectivity index (χ4n) is 4.49. The Morgan fingerprint density at radius 3 is 1.86 bits per heavy atom. The molecule has 0 saturated carbocycles. The zero-order valence-corrected chi connectivity index (χ0v) is 18.9. The minimum absolute atomic E-state index is 0.0566. The summed E-state index contributed by atoms with van der Waals surface area (Å²) in [7, 11) is 0. The van der Waals surface area contributed by atoms with Crippen molar-refractivity contribution in [1.29, 1.82) is 0 Å². The Balaban J connectivity index is 1.40. The van der Waals surface area contributed by atoms with E-state index in [1.54, 1.807) is 0 Å². The molecule has 1 aromatic rings. The van der Waals surface area contributed by atoms with E-state index >= 15 is 0 Å². The van der Waals surface area contributed by atoms with Crippen LogP contribution < -0.4 is 0 Å². The molecule has 0 unspecified atom stereocenters. The van der Waals surface area contributed by atoms with Gasteiger partial charge in [-0.25, -0.2) is 0 Å². The topological polar surface area (TPSA) is 26.3 Å². The number of rotatable bonds is 18. The van der Waals surface area contributed by atoms with Crippen molar-refractivity contribution in [2.75, 3.05) is 0 Å². The van der Waals surface area contributed by atoms with Gasteiger partial charge in [0, 0.05) is 0 Å². The van der Waals surface area contributed by atoms with E-state index in [4.69, 9.17) is 4.74 Å². The Morgan fingerprint density at radius 1 is 0.690 bits per heavy atom. The highest BCUT2D eigenvalue weighted by molar-refractivity contribution is 5.78. The second-order valence-electron chi connectivity index (χ2n) is 8.99.